The molecule has 2 atom stereocenters. The molecule has 0 bridgehead atoms. The highest BCUT2D eigenvalue weighted by molar-refractivity contribution is 14.0. The SMILES string of the molecule is CCNC(=NCc1nccn1C(F)F)NC1CC1C.I. The Kier molecular flexibility index (Phi) is 6.63. The molecule has 20 heavy (non-hydrogen) atoms. The molecule has 1 aromatic rings. The number of aliphatic imine (C=N–C) groups is 1. The number of guanidine groups is 1. The predicted molar refractivity (Wildman–Crippen MR) is 84.4 cm³/mol. The second kappa shape index (κ2) is 7.75. The Morgan fingerprint density at radius 3 is 2.85 bits per heavy atom. The van der Waals surface area contributed by atoms with Crippen molar-refractivity contribution in [1.82, 2.24) is 20.2 Å². The molecule has 1 aromatic heterocycles. The summed E-state index contributed by atoms with van der Waals surface area (Å²) in [6.07, 6.45) is 3.75. The topological polar surface area (TPSA) is 54.2 Å². The minimum Gasteiger partial charge on any atom is -0.357 e. The summed E-state index contributed by atoms with van der Waals surface area (Å²) >= 11 is 0. The minimum absolute atomic E-state index is 0. The van der Waals surface area contributed by atoms with Crippen molar-refractivity contribution >= 4 is 29.9 Å². The van der Waals surface area contributed by atoms with Crippen molar-refractivity contribution in [3.05, 3.63) is 18.2 Å². The van der Waals surface area contributed by atoms with Gasteiger partial charge in [-0.25, -0.2) is 9.98 Å². The number of nitrogens with one attached hydrogen (secondary N) is 2. The summed E-state index contributed by atoms with van der Waals surface area (Å²) in [4.78, 5) is 8.19. The largest absolute Gasteiger partial charge is 0.357 e. The van der Waals surface area contributed by atoms with Gasteiger partial charge in [-0.2, -0.15) is 8.78 Å². The fraction of sp³-hybridized carbons (Fsp3) is 0.667. The van der Waals surface area contributed by atoms with Gasteiger partial charge in [0, 0.05) is 25.0 Å². The molecule has 2 rings (SSSR count). The lowest BCUT2D eigenvalue weighted by molar-refractivity contribution is 0.0671. The molecule has 2 unspecified atom stereocenters. The zero-order chi connectivity index (χ0) is 13.8. The van der Waals surface area contributed by atoms with Gasteiger partial charge in [0.2, 0.25) is 0 Å². The summed E-state index contributed by atoms with van der Waals surface area (Å²) in [6.45, 7) is 2.41. The van der Waals surface area contributed by atoms with Gasteiger partial charge >= 0.3 is 6.55 Å². The van der Waals surface area contributed by atoms with E-state index in [2.05, 4.69) is 27.5 Å². The molecule has 0 spiro atoms. The monoisotopic (exact) mass is 399 g/mol. The molecule has 0 amide bonds. The van der Waals surface area contributed by atoms with Gasteiger partial charge in [-0.3, -0.25) is 4.57 Å². The van der Waals surface area contributed by atoms with E-state index in [1.54, 1.807) is 0 Å². The van der Waals surface area contributed by atoms with E-state index < -0.39 is 6.55 Å². The van der Waals surface area contributed by atoms with Crippen LogP contribution >= 0.6 is 24.0 Å². The van der Waals surface area contributed by atoms with Gasteiger partial charge in [0.05, 0.1) is 0 Å². The van der Waals surface area contributed by atoms with Gasteiger partial charge in [0.25, 0.3) is 0 Å². The van der Waals surface area contributed by atoms with E-state index in [0.717, 1.165) is 17.5 Å². The number of hydrogen-bond donors (Lipinski definition) is 2. The molecule has 1 fully saturated rings. The van der Waals surface area contributed by atoms with E-state index in [1.807, 2.05) is 6.92 Å². The molecule has 1 aliphatic carbocycles. The highest BCUT2D eigenvalue weighted by Crippen LogP contribution is 2.28. The molecular formula is C12H20F2IN5. The molecule has 0 aliphatic heterocycles. The summed E-state index contributed by atoms with van der Waals surface area (Å²) in [7, 11) is 0. The Bertz CT molecular complexity index is 449. The van der Waals surface area contributed by atoms with Gasteiger partial charge in [0.1, 0.15) is 12.4 Å². The number of rotatable bonds is 5. The fourth-order valence-corrected chi connectivity index (χ4v) is 1.81. The first-order chi connectivity index (χ1) is 9.11. The van der Waals surface area contributed by atoms with Crippen molar-refractivity contribution < 1.29 is 8.78 Å². The Morgan fingerprint density at radius 2 is 2.30 bits per heavy atom. The first-order valence-electron chi connectivity index (χ1n) is 6.46. The molecule has 5 nitrogen and oxygen atoms in total. The Hall–Kier alpha value is -0.930. The highest BCUT2D eigenvalue weighted by atomic mass is 127. The zero-order valence-electron chi connectivity index (χ0n) is 11.5. The van der Waals surface area contributed by atoms with Crippen LogP contribution in [0.25, 0.3) is 0 Å². The summed E-state index contributed by atoms with van der Waals surface area (Å²) in [5, 5.41) is 6.37. The molecule has 0 radical (unpaired) electrons. The van der Waals surface area contributed by atoms with Crippen LogP contribution in [0, 0.1) is 5.92 Å². The quantitative estimate of drug-likeness (QED) is 0.454. The molecule has 0 saturated heterocycles. The van der Waals surface area contributed by atoms with Crippen LogP contribution < -0.4 is 10.6 Å². The average Bonchev–Trinajstić information content (AvgIpc) is 2.89. The normalized spacial score (nSPS) is 21.6. The smallest absolute Gasteiger partial charge is 0.319 e. The van der Waals surface area contributed by atoms with Gasteiger partial charge in [-0.05, 0) is 19.3 Å². The van der Waals surface area contributed by atoms with Gasteiger partial charge < -0.3 is 10.6 Å². The number of hydrogen-bond acceptors (Lipinski definition) is 2. The standard InChI is InChI=1S/C12H19F2N5.HI/c1-3-15-12(18-9-6-8(9)2)17-7-10-16-4-5-19(10)11(13)14;/h4-5,8-9,11H,3,6-7H2,1-2H3,(H2,15,17,18);1H. The van der Waals surface area contributed by atoms with E-state index >= 15 is 0 Å². The van der Waals surface area contributed by atoms with Crippen molar-refractivity contribution in [1.29, 1.82) is 0 Å². The van der Waals surface area contributed by atoms with E-state index in [-0.39, 0.29) is 36.3 Å². The summed E-state index contributed by atoms with van der Waals surface area (Å²) in [5.41, 5.74) is 0. The average molecular weight is 399 g/mol. The molecule has 0 aromatic carbocycles. The van der Waals surface area contributed by atoms with Crippen LogP contribution in [-0.2, 0) is 6.54 Å². The lowest BCUT2D eigenvalue weighted by Crippen LogP contribution is -2.39. The van der Waals surface area contributed by atoms with Crippen LogP contribution in [0.5, 0.6) is 0 Å². The van der Waals surface area contributed by atoms with Crippen LogP contribution in [0.3, 0.4) is 0 Å². The van der Waals surface area contributed by atoms with Crippen molar-refractivity contribution in [2.24, 2.45) is 10.9 Å². The van der Waals surface area contributed by atoms with Gasteiger partial charge in [0.15, 0.2) is 5.96 Å². The lowest BCUT2D eigenvalue weighted by atomic mass is 10.5. The number of halogens is 3. The second-order valence-electron chi connectivity index (χ2n) is 4.69. The Labute approximate surface area is 134 Å². The number of nitrogens with zero attached hydrogens (tertiary/aromatic N) is 3. The second-order valence-corrected chi connectivity index (χ2v) is 4.69. The van der Waals surface area contributed by atoms with Crippen molar-refractivity contribution in [3.63, 3.8) is 0 Å². The first kappa shape index (κ1) is 17.1. The van der Waals surface area contributed by atoms with E-state index in [1.165, 1.54) is 12.4 Å². The molecule has 114 valence electrons. The predicted octanol–water partition coefficient (Wildman–Crippen LogP) is 2.36. The van der Waals surface area contributed by atoms with Crippen molar-refractivity contribution in [3.8, 4) is 0 Å². The van der Waals surface area contributed by atoms with Crippen molar-refractivity contribution in [2.45, 2.75) is 39.4 Å². The minimum atomic E-state index is -2.58. The van der Waals surface area contributed by atoms with Crippen molar-refractivity contribution in [2.75, 3.05) is 6.54 Å². The highest BCUT2D eigenvalue weighted by Gasteiger charge is 2.33. The van der Waals surface area contributed by atoms with Crippen LogP contribution in [0.15, 0.2) is 17.4 Å². The Balaban J connectivity index is 0.00000200. The van der Waals surface area contributed by atoms with E-state index in [0.29, 0.717) is 17.9 Å². The Morgan fingerprint density at radius 1 is 1.60 bits per heavy atom. The number of alkyl halides is 2. The molecule has 1 aliphatic rings. The summed E-state index contributed by atoms with van der Waals surface area (Å²) < 4.78 is 26.1. The van der Waals surface area contributed by atoms with Crippen LogP contribution in [-0.4, -0.2) is 28.1 Å². The van der Waals surface area contributed by atoms with E-state index in [9.17, 15) is 8.78 Å². The molecule has 1 heterocycles. The fourth-order valence-electron chi connectivity index (χ4n) is 1.81. The maximum Gasteiger partial charge on any atom is 0.319 e. The van der Waals surface area contributed by atoms with Gasteiger partial charge in [-0.15, -0.1) is 24.0 Å². The van der Waals surface area contributed by atoms with E-state index in [4.69, 9.17) is 0 Å². The lowest BCUT2D eigenvalue weighted by Gasteiger charge is -2.11. The maximum atomic E-state index is 12.6. The maximum absolute atomic E-state index is 12.6. The summed E-state index contributed by atoms with van der Waals surface area (Å²) in [5.74, 6) is 1.56. The van der Waals surface area contributed by atoms with Crippen LogP contribution in [0.1, 0.15) is 32.6 Å². The number of aromatic nitrogens is 2. The van der Waals surface area contributed by atoms with Gasteiger partial charge in [-0.1, -0.05) is 6.92 Å². The van der Waals surface area contributed by atoms with Crippen LogP contribution in [0.2, 0.25) is 0 Å². The molecule has 1 saturated carbocycles. The third-order valence-corrected chi connectivity index (χ3v) is 3.11. The third kappa shape index (κ3) is 4.57. The number of imidazole rings is 1. The third-order valence-electron chi connectivity index (χ3n) is 3.11. The summed E-state index contributed by atoms with van der Waals surface area (Å²) in [6, 6.07) is 0.438. The molecule has 8 heteroatoms. The molecular weight excluding hydrogens is 379 g/mol. The zero-order valence-corrected chi connectivity index (χ0v) is 13.8. The molecule has 2 N–H and O–H groups in total. The first-order valence-corrected chi connectivity index (χ1v) is 6.46. The van der Waals surface area contributed by atoms with Crippen LogP contribution in [0.4, 0.5) is 8.78 Å².